The summed E-state index contributed by atoms with van der Waals surface area (Å²) in [6.07, 6.45) is 0. The quantitative estimate of drug-likeness (QED) is 0.747. The van der Waals surface area contributed by atoms with Crippen LogP contribution in [0.25, 0.3) is 0 Å². The highest BCUT2D eigenvalue weighted by molar-refractivity contribution is 7.09. The van der Waals surface area contributed by atoms with E-state index in [-0.39, 0.29) is 17.9 Å². The average molecular weight is 356 g/mol. The molecule has 1 atom stereocenters. The van der Waals surface area contributed by atoms with E-state index >= 15 is 0 Å². The molecule has 1 rings (SSSR count). The third-order valence-electron chi connectivity index (χ3n) is 3.50. The lowest BCUT2D eigenvalue weighted by Crippen LogP contribution is -2.50. The maximum absolute atomic E-state index is 12.6. The van der Waals surface area contributed by atoms with Crippen molar-refractivity contribution < 1.29 is 14.7 Å². The standard InChI is InChI=1S/C17H29N3O3S/c1-10(2)7-20(8-13-9-24-15(18-13)12(5)6)17(23)19-14(11(3)4)16(21)22/h9-12,14H,7-8H2,1-6H3,(H,19,23)(H,21,22)/t14-/m0/s1. The summed E-state index contributed by atoms with van der Waals surface area (Å²) < 4.78 is 0. The summed E-state index contributed by atoms with van der Waals surface area (Å²) in [6, 6.07) is -1.25. The van der Waals surface area contributed by atoms with E-state index in [1.807, 2.05) is 19.2 Å². The van der Waals surface area contributed by atoms with Crippen molar-refractivity contribution in [2.75, 3.05) is 6.54 Å². The first-order valence-electron chi connectivity index (χ1n) is 8.34. The molecule has 24 heavy (non-hydrogen) atoms. The first-order valence-corrected chi connectivity index (χ1v) is 9.22. The minimum atomic E-state index is -1.02. The highest BCUT2D eigenvalue weighted by Gasteiger charge is 2.26. The first-order chi connectivity index (χ1) is 11.1. The van der Waals surface area contributed by atoms with Gasteiger partial charge in [0.2, 0.25) is 0 Å². The summed E-state index contributed by atoms with van der Waals surface area (Å²) in [6.45, 7) is 12.7. The van der Waals surface area contributed by atoms with Gasteiger partial charge in [-0.1, -0.05) is 41.5 Å². The minimum Gasteiger partial charge on any atom is -0.480 e. The SMILES string of the molecule is CC(C)CN(Cc1csc(C(C)C)n1)C(=O)N[C@H](C(=O)O)C(C)C. The summed E-state index contributed by atoms with van der Waals surface area (Å²) >= 11 is 1.59. The van der Waals surface area contributed by atoms with Gasteiger partial charge in [-0.25, -0.2) is 14.6 Å². The lowest BCUT2D eigenvalue weighted by molar-refractivity contribution is -0.140. The fourth-order valence-electron chi connectivity index (χ4n) is 2.25. The van der Waals surface area contributed by atoms with Gasteiger partial charge in [0.15, 0.2) is 0 Å². The number of urea groups is 1. The van der Waals surface area contributed by atoms with E-state index in [2.05, 4.69) is 24.1 Å². The maximum Gasteiger partial charge on any atom is 0.326 e. The lowest BCUT2D eigenvalue weighted by atomic mass is 10.1. The Morgan fingerprint density at radius 3 is 2.29 bits per heavy atom. The highest BCUT2D eigenvalue weighted by Crippen LogP contribution is 2.20. The number of aliphatic carboxylic acids is 1. The van der Waals surface area contributed by atoms with Crippen LogP contribution in [0.3, 0.4) is 0 Å². The smallest absolute Gasteiger partial charge is 0.326 e. The highest BCUT2D eigenvalue weighted by atomic mass is 32.1. The molecule has 1 aromatic heterocycles. The Labute approximate surface area is 148 Å². The van der Waals surface area contributed by atoms with Crippen molar-refractivity contribution in [3.63, 3.8) is 0 Å². The molecule has 0 spiro atoms. The summed E-state index contributed by atoms with van der Waals surface area (Å²) in [5.41, 5.74) is 0.843. The number of carbonyl (C=O) groups excluding carboxylic acids is 1. The zero-order chi connectivity index (χ0) is 18.4. The molecule has 0 fully saturated rings. The molecule has 0 radical (unpaired) electrons. The molecule has 1 heterocycles. The second kappa shape index (κ2) is 9.01. The van der Waals surface area contributed by atoms with Gasteiger partial charge in [0.05, 0.1) is 17.2 Å². The van der Waals surface area contributed by atoms with Crippen LogP contribution in [0.5, 0.6) is 0 Å². The molecule has 0 aromatic carbocycles. The number of rotatable bonds is 8. The van der Waals surface area contributed by atoms with Gasteiger partial charge in [0.1, 0.15) is 6.04 Å². The van der Waals surface area contributed by atoms with E-state index in [9.17, 15) is 14.7 Å². The summed E-state index contributed by atoms with van der Waals surface area (Å²) in [7, 11) is 0. The van der Waals surface area contributed by atoms with Crippen molar-refractivity contribution in [1.82, 2.24) is 15.2 Å². The molecule has 6 nitrogen and oxygen atoms in total. The molecular formula is C17H29N3O3S. The van der Waals surface area contributed by atoms with E-state index in [1.54, 1.807) is 30.1 Å². The number of carbonyl (C=O) groups is 2. The van der Waals surface area contributed by atoms with Gasteiger partial charge >= 0.3 is 12.0 Å². The summed E-state index contributed by atoms with van der Waals surface area (Å²) in [4.78, 5) is 30.1. The van der Waals surface area contributed by atoms with Crippen LogP contribution in [0, 0.1) is 11.8 Å². The number of carboxylic acid groups (broad SMARTS) is 1. The Morgan fingerprint density at radius 1 is 1.25 bits per heavy atom. The molecule has 0 saturated heterocycles. The fraction of sp³-hybridized carbons (Fsp3) is 0.706. The van der Waals surface area contributed by atoms with Crippen molar-refractivity contribution in [3.8, 4) is 0 Å². The number of hydrogen-bond acceptors (Lipinski definition) is 4. The van der Waals surface area contributed by atoms with Gasteiger partial charge in [-0.2, -0.15) is 0 Å². The zero-order valence-corrected chi connectivity index (χ0v) is 16.2. The number of nitrogens with zero attached hydrogens (tertiary/aromatic N) is 2. The number of thiazole rings is 1. The third-order valence-corrected chi connectivity index (χ3v) is 4.69. The van der Waals surface area contributed by atoms with Gasteiger partial charge in [-0.05, 0) is 11.8 Å². The Balaban J connectivity index is 2.86. The number of hydrogen-bond donors (Lipinski definition) is 2. The van der Waals surface area contributed by atoms with Crippen molar-refractivity contribution in [2.45, 2.75) is 60.0 Å². The minimum absolute atomic E-state index is 0.181. The van der Waals surface area contributed by atoms with E-state index in [4.69, 9.17) is 0 Å². The molecular weight excluding hydrogens is 326 g/mol. The molecule has 7 heteroatoms. The van der Waals surface area contributed by atoms with Gasteiger partial charge in [-0.15, -0.1) is 11.3 Å². The van der Waals surface area contributed by atoms with Crippen LogP contribution in [-0.2, 0) is 11.3 Å². The van der Waals surface area contributed by atoms with Crippen molar-refractivity contribution in [3.05, 3.63) is 16.1 Å². The van der Waals surface area contributed by atoms with Crippen LogP contribution in [0.15, 0.2) is 5.38 Å². The van der Waals surface area contributed by atoms with Crippen LogP contribution in [0.1, 0.15) is 58.2 Å². The zero-order valence-electron chi connectivity index (χ0n) is 15.4. The molecule has 2 N–H and O–H groups in total. The lowest BCUT2D eigenvalue weighted by Gasteiger charge is -2.27. The van der Waals surface area contributed by atoms with Gasteiger partial charge in [-0.3, -0.25) is 0 Å². The molecule has 0 aliphatic carbocycles. The predicted octanol–water partition coefficient (Wildman–Crippen LogP) is 3.54. The third kappa shape index (κ3) is 6.11. The van der Waals surface area contributed by atoms with Crippen molar-refractivity contribution in [1.29, 1.82) is 0 Å². The Hall–Kier alpha value is -1.63. The Bertz CT molecular complexity index is 555. The van der Waals surface area contributed by atoms with Crippen LogP contribution >= 0.6 is 11.3 Å². The Morgan fingerprint density at radius 2 is 1.88 bits per heavy atom. The molecule has 1 aromatic rings. The second-order valence-electron chi connectivity index (χ2n) is 7.12. The molecule has 0 aliphatic rings. The molecule has 0 aliphatic heterocycles. The first kappa shape index (κ1) is 20.4. The number of aromatic nitrogens is 1. The number of nitrogens with one attached hydrogen (secondary N) is 1. The molecule has 0 saturated carbocycles. The predicted molar refractivity (Wildman–Crippen MR) is 96.2 cm³/mol. The molecule has 0 bridgehead atoms. The molecule has 136 valence electrons. The van der Waals surface area contributed by atoms with E-state index in [0.29, 0.717) is 19.0 Å². The monoisotopic (exact) mass is 355 g/mol. The largest absolute Gasteiger partial charge is 0.480 e. The van der Waals surface area contributed by atoms with Gasteiger partial charge < -0.3 is 15.3 Å². The molecule has 2 amide bonds. The van der Waals surface area contributed by atoms with Crippen molar-refractivity contribution in [2.24, 2.45) is 11.8 Å². The number of carboxylic acids is 1. The van der Waals surface area contributed by atoms with Crippen LogP contribution < -0.4 is 5.32 Å². The fourth-order valence-corrected chi connectivity index (χ4v) is 3.08. The van der Waals surface area contributed by atoms with Crippen LogP contribution in [-0.4, -0.2) is 39.6 Å². The van der Waals surface area contributed by atoms with Crippen molar-refractivity contribution >= 4 is 23.3 Å². The summed E-state index contributed by atoms with van der Waals surface area (Å²) in [5, 5.41) is 14.9. The van der Waals surface area contributed by atoms with E-state index in [1.165, 1.54) is 0 Å². The number of amides is 2. The van der Waals surface area contributed by atoms with Gasteiger partial charge in [0, 0.05) is 17.8 Å². The topological polar surface area (TPSA) is 82.5 Å². The second-order valence-corrected chi connectivity index (χ2v) is 8.01. The summed E-state index contributed by atoms with van der Waals surface area (Å²) in [5.74, 6) is -0.562. The maximum atomic E-state index is 12.6. The van der Waals surface area contributed by atoms with Crippen LogP contribution in [0.2, 0.25) is 0 Å². The average Bonchev–Trinajstić information content (AvgIpc) is 2.91. The molecule has 0 unspecified atom stereocenters. The van der Waals surface area contributed by atoms with E-state index in [0.717, 1.165) is 10.7 Å². The van der Waals surface area contributed by atoms with Crippen LogP contribution in [0.4, 0.5) is 4.79 Å². The Kier molecular flexibility index (Phi) is 7.66. The van der Waals surface area contributed by atoms with Gasteiger partial charge in [0.25, 0.3) is 0 Å². The van der Waals surface area contributed by atoms with E-state index < -0.39 is 12.0 Å². The normalized spacial score (nSPS) is 12.7.